The van der Waals surface area contributed by atoms with Gasteiger partial charge in [0.15, 0.2) is 5.65 Å². The first-order valence-electron chi connectivity index (χ1n) is 7.09. The van der Waals surface area contributed by atoms with Gasteiger partial charge in [0.25, 0.3) is 0 Å². The average molecular weight is 277 g/mol. The molecule has 0 spiro atoms. The maximum atomic E-state index is 4.64. The van der Waals surface area contributed by atoms with E-state index >= 15 is 0 Å². The molecule has 0 saturated carbocycles. The molecule has 2 N–H and O–H groups in total. The van der Waals surface area contributed by atoms with Crippen molar-refractivity contribution in [3.63, 3.8) is 0 Å². The topological polar surface area (TPSA) is 66.0 Å². The van der Waals surface area contributed by atoms with Gasteiger partial charge in [0.1, 0.15) is 11.4 Å². The van der Waals surface area contributed by atoms with E-state index in [0.717, 1.165) is 53.3 Å². The highest BCUT2D eigenvalue weighted by atomic mass is 15.0. The highest BCUT2D eigenvalue weighted by Crippen LogP contribution is 2.20. The molecule has 0 radical (unpaired) electrons. The average Bonchev–Trinajstić information content (AvgIpc) is 3.03. The number of fused-ring (bicyclic) bond motifs is 1. The maximum Gasteiger partial charge on any atom is 0.156 e. The van der Waals surface area contributed by atoms with Crippen molar-refractivity contribution in [2.75, 3.05) is 13.1 Å². The first kappa shape index (κ1) is 12.1. The standard InChI is InChI=1S/C16H15N5/c1-3-11(9-12(4-1)15-17-6-2-7-18-15)14-10-20-16-13(21-14)5-8-19-16/h1,3-5,8-10H,2,6-7H2,(H,17,18)(H,19,20). The van der Waals surface area contributed by atoms with E-state index in [2.05, 4.69) is 43.5 Å². The van der Waals surface area contributed by atoms with Crippen molar-refractivity contribution in [3.05, 3.63) is 48.3 Å². The molecule has 1 aliphatic rings. The molecule has 5 heteroatoms. The first-order chi connectivity index (χ1) is 10.4. The number of nitrogens with zero attached hydrogens (tertiary/aromatic N) is 3. The zero-order valence-corrected chi connectivity index (χ0v) is 11.5. The molecule has 0 amide bonds. The van der Waals surface area contributed by atoms with Gasteiger partial charge in [0, 0.05) is 30.4 Å². The summed E-state index contributed by atoms with van der Waals surface area (Å²) in [6, 6.07) is 10.2. The summed E-state index contributed by atoms with van der Waals surface area (Å²) in [5, 5.41) is 3.35. The van der Waals surface area contributed by atoms with Gasteiger partial charge >= 0.3 is 0 Å². The van der Waals surface area contributed by atoms with Crippen LogP contribution in [0.4, 0.5) is 0 Å². The Morgan fingerprint density at radius 3 is 2.95 bits per heavy atom. The van der Waals surface area contributed by atoms with Crippen molar-refractivity contribution in [1.82, 2.24) is 20.3 Å². The number of H-pyrrole nitrogens is 1. The molecule has 0 atom stereocenters. The molecular weight excluding hydrogens is 262 g/mol. The van der Waals surface area contributed by atoms with E-state index in [1.54, 1.807) is 6.20 Å². The summed E-state index contributed by atoms with van der Waals surface area (Å²) in [7, 11) is 0. The van der Waals surface area contributed by atoms with Crippen LogP contribution < -0.4 is 5.32 Å². The molecule has 0 aliphatic carbocycles. The summed E-state index contributed by atoms with van der Waals surface area (Å²) in [6.07, 6.45) is 4.75. The zero-order valence-electron chi connectivity index (χ0n) is 11.5. The highest BCUT2D eigenvalue weighted by Gasteiger charge is 2.09. The number of rotatable bonds is 2. The molecule has 3 aromatic rings. The van der Waals surface area contributed by atoms with Crippen molar-refractivity contribution in [2.24, 2.45) is 4.99 Å². The van der Waals surface area contributed by atoms with Crippen LogP contribution >= 0.6 is 0 Å². The second kappa shape index (κ2) is 5.01. The molecule has 0 unspecified atom stereocenters. The largest absolute Gasteiger partial charge is 0.370 e. The lowest BCUT2D eigenvalue weighted by atomic mass is 10.1. The fourth-order valence-electron chi connectivity index (χ4n) is 2.52. The number of benzene rings is 1. The Bertz CT molecular complexity index is 818. The number of aromatic nitrogens is 3. The lowest BCUT2D eigenvalue weighted by molar-refractivity contribution is 0.742. The van der Waals surface area contributed by atoms with E-state index in [9.17, 15) is 0 Å². The van der Waals surface area contributed by atoms with Crippen molar-refractivity contribution in [2.45, 2.75) is 6.42 Å². The van der Waals surface area contributed by atoms with Gasteiger partial charge in [-0.15, -0.1) is 0 Å². The third-order valence-corrected chi connectivity index (χ3v) is 3.59. The van der Waals surface area contributed by atoms with Crippen molar-refractivity contribution >= 4 is 17.0 Å². The van der Waals surface area contributed by atoms with E-state index in [1.807, 2.05) is 18.3 Å². The van der Waals surface area contributed by atoms with Crippen LogP contribution in [0, 0.1) is 0 Å². The predicted molar refractivity (Wildman–Crippen MR) is 83.3 cm³/mol. The lowest BCUT2D eigenvalue weighted by Gasteiger charge is -2.15. The third kappa shape index (κ3) is 2.27. The summed E-state index contributed by atoms with van der Waals surface area (Å²) in [6.45, 7) is 1.87. The molecule has 3 heterocycles. The number of amidine groups is 1. The minimum Gasteiger partial charge on any atom is -0.370 e. The summed E-state index contributed by atoms with van der Waals surface area (Å²) < 4.78 is 0. The van der Waals surface area contributed by atoms with E-state index in [-0.39, 0.29) is 0 Å². The number of nitrogens with one attached hydrogen (secondary N) is 2. The molecule has 1 aliphatic heterocycles. The molecule has 21 heavy (non-hydrogen) atoms. The predicted octanol–water partition coefficient (Wildman–Crippen LogP) is 2.36. The Kier molecular flexibility index (Phi) is 2.88. The van der Waals surface area contributed by atoms with Crippen LogP contribution in [-0.4, -0.2) is 33.9 Å². The van der Waals surface area contributed by atoms with Gasteiger partial charge in [-0.25, -0.2) is 9.97 Å². The Morgan fingerprint density at radius 1 is 1.10 bits per heavy atom. The normalized spacial score (nSPS) is 14.8. The molecule has 104 valence electrons. The van der Waals surface area contributed by atoms with Crippen LogP contribution in [0.5, 0.6) is 0 Å². The van der Waals surface area contributed by atoms with Crippen LogP contribution in [0.3, 0.4) is 0 Å². The fourth-order valence-corrected chi connectivity index (χ4v) is 2.52. The van der Waals surface area contributed by atoms with Crippen molar-refractivity contribution in [3.8, 4) is 11.3 Å². The van der Waals surface area contributed by atoms with Gasteiger partial charge in [0.05, 0.1) is 11.9 Å². The molecule has 5 nitrogen and oxygen atoms in total. The highest BCUT2D eigenvalue weighted by molar-refractivity contribution is 6.00. The summed E-state index contributed by atoms with van der Waals surface area (Å²) in [5.41, 5.74) is 4.72. The number of aliphatic imine (C=N–C) groups is 1. The minimum atomic E-state index is 0.813. The number of hydrogen-bond donors (Lipinski definition) is 2. The summed E-state index contributed by atoms with van der Waals surface area (Å²) in [4.78, 5) is 16.6. The van der Waals surface area contributed by atoms with Gasteiger partial charge in [-0.05, 0) is 18.6 Å². The summed E-state index contributed by atoms with van der Waals surface area (Å²) in [5.74, 6) is 0.971. The second-order valence-corrected chi connectivity index (χ2v) is 5.06. The lowest BCUT2D eigenvalue weighted by Crippen LogP contribution is -2.30. The monoisotopic (exact) mass is 277 g/mol. The van der Waals surface area contributed by atoms with Crippen LogP contribution in [0.1, 0.15) is 12.0 Å². The van der Waals surface area contributed by atoms with E-state index in [1.165, 1.54) is 0 Å². The van der Waals surface area contributed by atoms with Crippen molar-refractivity contribution < 1.29 is 0 Å². The molecule has 1 aromatic carbocycles. The summed E-state index contributed by atoms with van der Waals surface area (Å²) >= 11 is 0. The molecular formula is C16H15N5. The molecule has 0 bridgehead atoms. The van der Waals surface area contributed by atoms with E-state index in [0.29, 0.717) is 0 Å². The van der Waals surface area contributed by atoms with Crippen LogP contribution in [0.25, 0.3) is 22.4 Å². The van der Waals surface area contributed by atoms with Crippen molar-refractivity contribution in [1.29, 1.82) is 0 Å². The quantitative estimate of drug-likeness (QED) is 0.755. The third-order valence-electron chi connectivity index (χ3n) is 3.59. The van der Waals surface area contributed by atoms with Gasteiger partial charge in [-0.1, -0.05) is 18.2 Å². The Morgan fingerprint density at radius 2 is 2.05 bits per heavy atom. The molecule has 0 saturated heterocycles. The Hall–Kier alpha value is -2.69. The Balaban J connectivity index is 1.76. The molecule has 2 aromatic heterocycles. The van der Waals surface area contributed by atoms with E-state index < -0.39 is 0 Å². The van der Waals surface area contributed by atoms with Gasteiger partial charge in [-0.2, -0.15) is 0 Å². The number of hydrogen-bond acceptors (Lipinski definition) is 4. The van der Waals surface area contributed by atoms with Crippen LogP contribution in [-0.2, 0) is 0 Å². The fraction of sp³-hybridized carbons (Fsp3) is 0.188. The Labute approximate surface area is 122 Å². The van der Waals surface area contributed by atoms with Gasteiger partial charge in [0.2, 0.25) is 0 Å². The zero-order chi connectivity index (χ0) is 14.1. The van der Waals surface area contributed by atoms with Gasteiger partial charge < -0.3 is 10.3 Å². The molecule has 4 rings (SSSR count). The SMILES string of the molecule is c1cc(C2=NCCCN2)cc(-c2cnc3[nH]ccc3n2)c1. The van der Waals surface area contributed by atoms with E-state index in [4.69, 9.17) is 0 Å². The van der Waals surface area contributed by atoms with Gasteiger partial charge in [-0.3, -0.25) is 4.99 Å². The van der Waals surface area contributed by atoms with Crippen LogP contribution in [0.15, 0.2) is 47.7 Å². The minimum absolute atomic E-state index is 0.813. The second-order valence-electron chi connectivity index (χ2n) is 5.06. The maximum absolute atomic E-state index is 4.64. The molecule has 0 fully saturated rings. The first-order valence-corrected chi connectivity index (χ1v) is 7.09. The number of aromatic amines is 1. The van der Waals surface area contributed by atoms with Crippen LogP contribution in [0.2, 0.25) is 0 Å². The smallest absolute Gasteiger partial charge is 0.156 e.